The van der Waals surface area contributed by atoms with Crippen molar-refractivity contribution in [1.29, 1.82) is 0 Å². The van der Waals surface area contributed by atoms with Gasteiger partial charge in [0.2, 0.25) is 11.8 Å². The first-order chi connectivity index (χ1) is 20.4. The number of anilines is 3. The van der Waals surface area contributed by atoms with Crippen molar-refractivity contribution in [3.63, 3.8) is 0 Å². The molecule has 0 aromatic heterocycles. The number of aromatic hydroxyl groups is 1. The van der Waals surface area contributed by atoms with E-state index in [9.17, 15) is 14.7 Å². The van der Waals surface area contributed by atoms with Crippen LogP contribution in [-0.4, -0.2) is 29.6 Å². The number of ether oxygens (including phenoxy) is 1. The number of rotatable bonds is 9. The number of fused-ring (bicyclic) bond motifs is 3. The van der Waals surface area contributed by atoms with E-state index in [0.717, 1.165) is 42.6 Å². The molecule has 6 rings (SSSR count). The molecule has 3 aromatic carbocycles. The first-order valence-electron chi connectivity index (χ1n) is 15.0. The molecular weight excluding hydrogens is 524 g/mol. The van der Waals surface area contributed by atoms with E-state index in [4.69, 9.17) is 4.74 Å². The number of para-hydroxylation sites is 1. The van der Waals surface area contributed by atoms with Crippen molar-refractivity contribution >= 4 is 35.0 Å². The van der Waals surface area contributed by atoms with Crippen LogP contribution in [-0.2, 0) is 14.3 Å². The zero-order chi connectivity index (χ0) is 29.2. The molecule has 42 heavy (non-hydrogen) atoms. The van der Waals surface area contributed by atoms with Gasteiger partial charge in [0, 0.05) is 17.3 Å². The predicted octanol–water partition coefficient (Wildman–Crippen LogP) is 7.64. The lowest BCUT2D eigenvalue weighted by Crippen LogP contribution is -2.34. The average Bonchev–Trinajstić information content (AvgIpc) is 3.53. The van der Waals surface area contributed by atoms with Crippen LogP contribution in [0.25, 0.3) is 6.08 Å². The van der Waals surface area contributed by atoms with Gasteiger partial charge in [-0.1, -0.05) is 60.9 Å². The van der Waals surface area contributed by atoms with Crippen LogP contribution < -0.4 is 10.2 Å². The van der Waals surface area contributed by atoms with Crippen LogP contribution >= 0.6 is 0 Å². The number of nitrogens with one attached hydrogen (secondary N) is 1. The number of phenolic OH excluding ortho intramolecular Hbond substituents is 1. The summed E-state index contributed by atoms with van der Waals surface area (Å²) in [5.41, 5.74) is 7.37. The van der Waals surface area contributed by atoms with Crippen molar-refractivity contribution < 1.29 is 19.4 Å². The van der Waals surface area contributed by atoms with Gasteiger partial charge >= 0.3 is 0 Å². The van der Waals surface area contributed by atoms with Crippen molar-refractivity contribution in [3.05, 3.63) is 101 Å². The Labute approximate surface area is 247 Å². The number of amides is 2. The third-order valence-corrected chi connectivity index (χ3v) is 8.90. The van der Waals surface area contributed by atoms with Crippen LogP contribution in [0.3, 0.4) is 0 Å². The van der Waals surface area contributed by atoms with Crippen LogP contribution in [0.2, 0.25) is 0 Å². The summed E-state index contributed by atoms with van der Waals surface area (Å²) in [5, 5.41) is 13.0. The van der Waals surface area contributed by atoms with Crippen LogP contribution in [0.5, 0.6) is 5.75 Å². The lowest BCUT2D eigenvalue weighted by atomic mass is 9.70. The number of allylic oxidation sites excluding steroid dienone is 2. The van der Waals surface area contributed by atoms with Crippen molar-refractivity contribution in [2.75, 3.05) is 16.8 Å². The maximum atomic E-state index is 13.8. The monoisotopic (exact) mass is 562 g/mol. The smallest absolute Gasteiger partial charge is 0.238 e. The lowest BCUT2D eigenvalue weighted by Gasteiger charge is -2.30. The molecule has 6 nitrogen and oxygen atoms in total. The Hall–Kier alpha value is -4.16. The average molecular weight is 563 g/mol. The van der Waals surface area contributed by atoms with E-state index in [1.54, 1.807) is 12.1 Å². The molecule has 2 heterocycles. The molecule has 2 aliphatic heterocycles. The summed E-state index contributed by atoms with van der Waals surface area (Å²) in [6.45, 7) is 4.78. The largest absolute Gasteiger partial charge is 0.508 e. The first kappa shape index (κ1) is 28.0. The number of carbonyl (C=O) groups excluding carboxylic acids is 2. The van der Waals surface area contributed by atoms with Crippen LogP contribution in [0, 0.1) is 17.8 Å². The number of benzene rings is 3. The second kappa shape index (κ2) is 12.0. The number of nitrogens with zero attached hydrogens (tertiary/aromatic N) is 1. The van der Waals surface area contributed by atoms with E-state index >= 15 is 0 Å². The van der Waals surface area contributed by atoms with Gasteiger partial charge in [-0.2, -0.15) is 0 Å². The molecule has 0 unspecified atom stereocenters. The molecular formula is C36H38N2O4. The van der Waals surface area contributed by atoms with Gasteiger partial charge in [0.1, 0.15) is 5.75 Å². The summed E-state index contributed by atoms with van der Waals surface area (Å²) in [6.07, 6.45) is 6.60. The number of hydrogen-bond acceptors (Lipinski definition) is 5. The van der Waals surface area contributed by atoms with Gasteiger partial charge in [-0.15, -0.1) is 0 Å². The molecule has 4 atom stereocenters. The highest BCUT2D eigenvalue weighted by atomic mass is 16.5. The molecule has 2 fully saturated rings. The topological polar surface area (TPSA) is 78.9 Å². The van der Waals surface area contributed by atoms with Crippen molar-refractivity contribution in [2.45, 2.75) is 52.1 Å². The summed E-state index contributed by atoms with van der Waals surface area (Å²) >= 11 is 0. The fraction of sp³-hybridized carbons (Fsp3) is 0.333. The second-order valence-electron chi connectivity index (χ2n) is 11.7. The van der Waals surface area contributed by atoms with Crippen LogP contribution in [0.1, 0.15) is 51.5 Å². The SMILES string of the molecule is CCC/C(=C\c1ccc(O)cc1)CC[C@H]1OC[C@H]2C1=C(C)C[C@H]1C(=O)N(c3ccc(Nc4ccccc4)cc3)C(=O)[C@H]12. The molecule has 0 bridgehead atoms. The van der Waals surface area contributed by atoms with Gasteiger partial charge < -0.3 is 15.2 Å². The summed E-state index contributed by atoms with van der Waals surface area (Å²) < 4.78 is 6.36. The molecule has 0 spiro atoms. The van der Waals surface area contributed by atoms with E-state index in [1.807, 2.05) is 66.7 Å². The Bertz CT molecular complexity index is 1510. The summed E-state index contributed by atoms with van der Waals surface area (Å²) in [4.78, 5) is 28.9. The van der Waals surface area contributed by atoms with E-state index in [0.29, 0.717) is 18.7 Å². The van der Waals surface area contributed by atoms with E-state index in [-0.39, 0.29) is 41.4 Å². The molecule has 0 radical (unpaired) electrons. The molecule has 3 aromatic rings. The maximum Gasteiger partial charge on any atom is 0.238 e. The molecule has 0 saturated carbocycles. The fourth-order valence-corrected chi connectivity index (χ4v) is 6.98. The third kappa shape index (κ3) is 5.51. The van der Waals surface area contributed by atoms with Gasteiger partial charge in [0.15, 0.2) is 0 Å². The molecule has 216 valence electrons. The van der Waals surface area contributed by atoms with Gasteiger partial charge in [-0.05, 0) is 92.3 Å². The van der Waals surface area contributed by atoms with Crippen molar-refractivity contribution in [3.8, 4) is 5.75 Å². The fourth-order valence-electron chi connectivity index (χ4n) is 6.98. The van der Waals surface area contributed by atoms with E-state index in [1.165, 1.54) is 21.6 Å². The standard InChI is InChI=1S/C36H38N2O4/c1-3-7-24(21-25-10-17-29(39)18-11-25)12-19-32-33-23(2)20-30-34(31(33)22-42-32)36(41)38(35(30)40)28-15-13-27(14-16-28)37-26-8-5-4-6-9-26/h4-6,8-11,13-18,21,30-32,34,37,39H,3,7,12,19-20,22H2,1-2H3/b24-21+/t30-,31+,32-,34-/m1/s1. The van der Waals surface area contributed by atoms with Crippen molar-refractivity contribution in [1.82, 2.24) is 0 Å². The zero-order valence-electron chi connectivity index (χ0n) is 24.3. The Morgan fingerprint density at radius 1 is 0.929 bits per heavy atom. The van der Waals surface area contributed by atoms with Crippen LogP contribution in [0.4, 0.5) is 17.1 Å². The minimum atomic E-state index is -0.369. The molecule has 2 amide bonds. The zero-order valence-corrected chi connectivity index (χ0v) is 24.3. The number of phenols is 1. The Balaban J connectivity index is 1.16. The Morgan fingerprint density at radius 3 is 2.36 bits per heavy atom. The highest BCUT2D eigenvalue weighted by molar-refractivity contribution is 6.22. The van der Waals surface area contributed by atoms with Crippen LogP contribution in [0.15, 0.2) is 95.6 Å². The number of hydrogen-bond donors (Lipinski definition) is 2. The molecule has 2 saturated heterocycles. The minimum Gasteiger partial charge on any atom is -0.508 e. The summed E-state index contributed by atoms with van der Waals surface area (Å²) in [7, 11) is 0. The van der Waals surface area contributed by atoms with Gasteiger partial charge in [0.25, 0.3) is 0 Å². The molecule has 1 aliphatic carbocycles. The second-order valence-corrected chi connectivity index (χ2v) is 11.7. The highest BCUT2D eigenvalue weighted by Gasteiger charge is 2.56. The molecule has 2 N–H and O–H groups in total. The Kier molecular flexibility index (Phi) is 7.98. The maximum absolute atomic E-state index is 13.8. The molecule has 6 heteroatoms. The quantitative estimate of drug-likeness (QED) is 0.207. The Morgan fingerprint density at radius 2 is 1.64 bits per heavy atom. The number of imide groups is 1. The first-order valence-corrected chi connectivity index (χ1v) is 15.0. The van der Waals surface area contributed by atoms with E-state index in [2.05, 4.69) is 25.2 Å². The van der Waals surface area contributed by atoms with Crippen molar-refractivity contribution in [2.24, 2.45) is 17.8 Å². The third-order valence-electron chi connectivity index (χ3n) is 8.90. The van der Waals surface area contributed by atoms with Gasteiger partial charge in [-0.25, -0.2) is 0 Å². The summed E-state index contributed by atoms with van der Waals surface area (Å²) in [5.74, 6) is -0.690. The summed E-state index contributed by atoms with van der Waals surface area (Å²) in [6, 6.07) is 24.7. The van der Waals surface area contributed by atoms with Gasteiger partial charge in [-0.3, -0.25) is 14.5 Å². The van der Waals surface area contributed by atoms with Gasteiger partial charge in [0.05, 0.1) is 30.2 Å². The predicted molar refractivity (Wildman–Crippen MR) is 166 cm³/mol. The number of carbonyl (C=O) groups is 2. The minimum absolute atomic E-state index is 0.0312. The molecule has 3 aliphatic rings. The highest BCUT2D eigenvalue weighted by Crippen LogP contribution is 2.50. The van der Waals surface area contributed by atoms with E-state index < -0.39 is 0 Å². The lowest BCUT2D eigenvalue weighted by molar-refractivity contribution is -0.122. The normalized spacial score (nSPS) is 23.8.